The van der Waals surface area contributed by atoms with Crippen LogP contribution in [0, 0.1) is 11.8 Å². The van der Waals surface area contributed by atoms with Crippen LogP contribution in [0.25, 0.3) is 0 Å². The zero-order valence-electron chi connectivity index (χ0n) is 9.91. The molecule has 0 aromatic carbocycles. The van der Waals surface area contributed by atoms with E-state index in [4.69, 9.17) is 5.11 Å². The van der Waals surface area contributed by atoms with Gasteiger partial charge in [0.1, 0.15) is 6.04 Å². The molecule has 88 valence electrons. The van der Waals surface area contributed by atoms with E-state index in [-0.39, 0.29) is 17.7 Å². The highest BCUT2D eigenvalue weighted by atomic mass is 16.4. The molecular formula is C11H21NO3. The molecule has 0 saturated carbocycles. The van der Waals surface area contributed by atoms with Gasteiger partial charge in [-0.3, -0.25) is 4.79 Å². The average Bonchev–Trinajstić information content (AvgIpc) is 2.11. The third kappa shape index (κ3) is 5.40. The van der Waals surface area contributed by atoms with Gasteiger partial charge in [-0.2, -0.15) is 0 Å². The van der Waals surface area contributed by atoms with Crippen molar-refractivity contribution in [2.24, 2.45) is 11.8 Å². The minimum Gasteiger partial charge on any atom is -0.480 e. The fourth-order valence-electron chi connectivity index (χ4n) is 1.29. The van der Waals surface area contributed by atoms with Crippen LogP contribution in [-0.4, -0.2) is 23.0 Å². The van der Waals surface area contributed by atoms with Crippen LogP contribution in [0.3, 0.4) is 0 Å². The van der Waals surface area contributed by atoms with Crippen molar-refractivity contribution >= 4 is 11.9 Å². The minimum atomic E-state index is -0.957. The molecule has 1 unspecified atom stereocenters. The van der Waals surface area contributed by atoms with Gasteiger partial charge in [-0.1, -0.05) is 34.1 Å². The lowest BCUT2D eigenvalue weighted by Gasteiger charge is -2.20. The number of aliphatic carboxylic acids is 1. The summed E-state index contributed by atoms with van der Waals surface area (Å²) in [6.45, 7) is 7.60. The van der Waals surface area contributed by atoms with E-state index in [0.29, 0.717) is 6.42 Å². The molecule has 4 heteroatoms. The van der Waals surface area contributed by atoms with Gasteiger partial charge in [0.05, 0.1) is 0 Å². The molecule has 0 aliphatic rings. The van der Waals surface area contributed by atoms with Crippen LogP contribution in [0.5, 0.6) is 0 Å². The van der Waals surface area contributed by atoms with Crippen molar-refractivity contribution in [3.63, 3.8) is 0 Å². The largest absolute Gasteiger partial charge is 0.480 e. The molecule has 0 rings (SSSR count). The van der Waals surface area contributed by atoms with Crippen molar-refractivity contribution in [1.29, 1.82) is 0 Å². The number of carboxylic acid groups (broad SMARTS) is 1. The molecule has 2 N–H and O–H groups in total. The first-order valence-electron chi connectivity index (χ1n) is 5.40. The number of rotatable bonds is 6. The highest BCUT2D eigenvalue weighted by molar-refractivity contribution is 5.83. The zero-order valence-corrected chi connectivity index (χ0v) is 9.91. The Bertz CT molecular complexity index is 226. The first-order valence-corrected chi connectivity index (χ1v) is 5.40. The normalized spacial score (nSPS) is 14.7. The maximum atomic E-state index is 11.4. The van der Waals surface area contributed by atoms with Crippen LogP contribution >= 0.6 is 0 Å². The number of hydrogen-bond acceptors (Lipinski definition) is 2. The smallest absolute Gasteiger partial charge is 0.326 e. The Kier molecular flexibility index (Phi) is 5.97. The lowest BCUT2D eigenvalue weighted by atomic mass is 9.99. The predicted molar refractivity (Wildman–Crippen MR) is 58.5 cm³/mol. The third-order valence-corrected chi connectivity index (χ3v) is 2.39. The van der Waals surface area contributed by atoms with Crippen molar-refractivity contribution < 1.29 is 14.7 Å². The molecule has 0 aromatic rings. The summed E-state index contributed by atoms with van der Waals surface area (Å²) in [6.07, 6.45) is 1.11. The van der Waals surface area contributed by atoms with Crippen molar-refractivity contribution in [1.82, 2.24) is 5.32 Å². The third-order valence-electron chi connectivity index (χ3n) is 2.39. The summed E-state index contributed by atoms with van der Waals surface area (Å²) in [4.78, 5) is 22.3. The maximum Gasteiger partial charge on any atom is 0.326 e. The van der Waals surface area contributed by atoms with Crippen molar-refractivity contribution in [3.8, 4) is 0 Å². The minimum absolute atomic E-state index is 0.0430. The van der Waals surface area contributed by atoms with E-state index in [9.17, 15) is 9.59 Å². The molecule has 0 aromatic heterocycles. The van der Waals surface area contributed by atoms with Gasteiger partial charge in [0, 0.05) is 6.42 Å². The van der Waals surface area contributed by atoms with E-state index < -0.39 is 12.0 Å². The zero-order chi connectivity index (χ0) is 12.0. The quantitative estimate of drug-likeness (QED) is 0.708. The van der Waals surface area contributed by atoms with Gasteiger partial charge in [0.15, 0.2) is 0 Å². The summed E-state index contributed by atoms with van der Waals surface area (Å²) >= 11 is 0. The molecule has 0 saturated heterocycles. The van der Waals surface area contributed by atoms with Crippen molar-refractivity contribution in [3.05, 3.63) is 0 Å². The first kappa shape index (κ1) is 13.9. The van der Waals surface area contributed by atoms with E-state index in [0.717, 1.165) is 6.42 Å². The summed E-state index contributed by atoms with van der Waals surface area (Å²) in [5.74, 6) is -0.936. The second kappa shape index (κ2) is 6.43. The van der Waals surface area contributed by atoms with Crippen molar-refractivity contribution in [2.75, 3.05) is 0 Å². The molecule has 2 atom stereocenters. The number of nitrogens with one attached hydrogen (secondary N) is 1. The van der Waals surface area contributed by atoms with Crippen LogP contribution in [-0.2, 0) is 9.59 Å². The molecule has 1 amide bonds. The van der Waals surface area contributed by atoms with E-state index in [1.807, 2.05) is 27.7 Å². The topological polar surface area (TPSA) is 66.4 Å². The molecule has 0 fully saturated rings. The molecular weight excluding hydrogens is 194 g/mol. The monoisotopic (exact) mass is 215 g/mol. The van der Waals surface area contributed by atoms with Gasteiger partial charge in [0.25, 0.3) is 0 Å². The van der Waals surface area contributed by atoms with Crippen LogP contribution in [0.4, 0.5) is 0 Å². The van der Waals surface area contributed by atoms with Gasteiger partial charge in [0.2, 0.25) is 5.91 Å². The number of carboxylic acids is 1. The van der Waals surface area contributed by atoms with Gasteiger partial charge < -0.3 is 10.4 Å². The Morgan fingerprint density at radius 3 is 2.13 bits per heavy atom. The second-order valence-electron chi connectivity index (χ2n) is 4.37. The van der Waals surface area contributed by atoms with Crippen LogP contribution < -0.4 is 5.32 Å². The average molecular weight is 215 g/mol. The van der Waals surface area contributed by atoms with E-state index in [2.05, 4.69) is 5.32 Å². The summed E-state index contributed by atoms with van der Waals surface area (Å²) in [6, 6.07) is -0.763. The van der Waals surface area contributed by atoms with Crippen LogP contribution in [0.15, 0.2) is 0 Å². The molecule has 4 nitrogen and oxygen atoms in total. The van der Waals surface area contributed by atoms with E-state index in [1.54, 1.807) is 0 Å². The Balaban J connectivity index is 4.29. The summed E-state index contributed by atoms with van der Waals surface area (Å²) < 4.78 is 0. The SMILES string of the molecule is CCC(C)[C@H](NC(=O)CC(C)C)C(=O)O. The number of amides is 1. The molecule has 15 heavy (non-hydrogen) atoms. The summed E-state index contributed by atoms with van der Waals surface area (Å²) in [5.41, 5.74) is 0. The standard InChI is InChI=1S/C11H21NO3/c1-5-8(4)10(11(14)15)12-9(13)6-7(2)3/h7-8,10H,5-6H2,1-4H3,(H,12,13)(H,14,15)/t8?,10-/m0/s1. The molecule has 0 aliphatic heterocycles. The summed E-state index contributed by atoms with van der Waals surface area (Å²) in [5, 5.41) is 11.5. The van der Waals surface area contributed by atoms with Crippen LogP contribution in [0.1, 0.15) is 40.5 Å². The predicted octanol–water partition coefficient (Wildman–Crippen LogP) is 1.65. The van der Waals surface area contributed by atoms with Crippen molar-refractivity contribution in [2.45, 2.75) is 46.6 Å². The van der Waals surface area contributed by atoms with Gasteiger partial charge in [-0.25, -0.2) is 4.79 Å². The highest BCUT2D eigenvalue weighted by Gasteiger charge is 2.25. The lowest BCUT2D eigenvalue weighted by Crippen LogP contribution is -2.45. The fourth-order valence-corrected chi connectivity index (χ4v) is 1.29. The lowest BCUT2D eigenvalue weighted by molar-refractivity contribution is -0.143. The van der Waals surface area contributed by atoms with E-state index >= 15 is 0 Å². The maximum absolute atomic E-state index is 11.4. The number of carbonyl (C=O) groups excluding carboxylic acids is 1. The Labute approximate surface area is 91.1 Å². The molecule has 0 radical (unpaired) electrons. The number of hydrogen-bond donors (Lipinski definition) is 2. The van der Waals surface area contributed by atoms with E-state index in [1.165, 1.54) is 0 Å². The Hall–Kier alpha value is -1.06. The first-order chi connectivity index (χ1) is 6.88. The van der Waals surface area contributed by atoms with Crippen LogP contribution in [0.2, 0.25) is 0 Å². The molecule has 0 spiro atoms. The fraction of sp³-hybridized carbons (Fsp3) is 0.818. The number of carbonyl (C=O) groups is 2. The Morgan fingerprint density at radius 2 is 1.80 bits per heavy atom. The van der Waals surface area contributed by atoms with Gasteiger partial charge in [-0.15, -0.1) is 0 Å². The Morgan fingerprint density at radius 1 is 1.27 bits per heavy atom. The van der Waals surface area contributed by atoms with Gasteiger partial charge >= 0.3 is 5.97 Å². The molecule has 0 heterocycles. The molecule has 0 bridgehead atoms. The van der Waals surface area contributed by atoms with Gasteiger partial charge in [-0.05, 0) is 11.8 Å². The highest BCUT2D eigenvalue weighted by Crippen LogP contribution is 2.09. The second-order valence-corrected chi connectivity index (χ2v) is 4.37. The molecule has 0 aliphatic carbocycles. The summed E-state index contributed by atoms with van der Waals surface area (Å²) in [7, 11) is 0.